The standard InChI is InChI=1S/C13H18N2/c14-9-11-4-1-3-10-5-2-8-15(13(10)11)12-6-7-12/h1,3-4,12H,2,5-9,14H2. The fourth-order valence-corrected chi connectivity index (χ4v) is 2.68. The second-order valence-corrected chi connectivity index (χ2v) is 4.66. The Kier molecular flexibility index (Phi) is 2.17. The molecule has 15 heavy (non-hydrogen) atoms. The van der Waals surface area contributed by atoms with Gasteiger partial charge in [-0.1, -0.05) is 18.2 Å². The van der Waals surface area contributed by atoms with Crippen molar-refractivity contribution in [3.05, 3.63) is 29.3 Å². The molecule has 0 bridgehead atoms. The fourth-order valence-electron chi connectivity index (χ4n) is 2.68. The second-order valence-electron chi connectivity index (χ2n) is 4.66. The normalized spacial score (nSPS) is 20.2. The van der Waals surface area contributed by atoms with Crippen LogP contribution in [-0.4, -0.2) is 12.6 Å². The molecule has 1 aromatic rings. The van der Waals surface area contributed by atoms with Crippen LogP contribution in [0.3, 0.4) is 0 Å². The van der Waals surface area contributed by atoms with E-state index in [0.717, 1.165) is 6.04 Å². The number of aryl methyl sites for hydroxylation is 1. The summed E-state index contributed by atoms with van der Waals surface area (Å²) in [5, 5.41) is 0. The predicted octanol–water partition coefficient (Wildman–Crippen LogP) is 2.06. The molecule has 0 saturated heterocycles. The smallest absolute Gasteiger partial charge is 0.0446 e. The first-order chi connectivity index (χ1) is 7.40. The third-order valence-electron chi connectivity index (χ3n) is 3.54. The summed E-state index contributed by atoms with van der Waals surface area (Å²) in [7, 11) is 0. The third kappa shape index (κ3) is 1.53. The summed E-state index contributed by atoms with van der Waals surface area (Å²) in [6, 6.07) is 7.41. The number of para-hydroxylation sites is 1. The number of fused-ring (bicyclic) bond motifs is 1. The van der Waals surface area contributed by atoms with Crippen molar-refractivity contribution < 1.29 is 0 Å². The Bertz CT molecular complexity index is 355. The average molecular weight is 202 g/mol. The number of hydrogen-bond acceptors (Lipinski definition) is 2. The zero-order valence-electron chi connectivity index (χ0n) is 9.08. The summed E-state index contributed by atoms with van der Waals surface area (Å²) < 4.78 is 0. The molecule has 0 aromatic heterocycles. The molecule has 1 saturated carbocycles. The van der Waals surface area contributed by atoms with E-state index in [2.05, 4.69) is 23.1 Å². The molecule has 1 fully saturated rings. The van der Waals surface area contributed by atoms with Crippen LogP contribution in [0.4, 0.5) is 5.69 Å². The van der Waals surface area contributed by atoms with Crippen molar-refractivity contribution in [1.29, 1.82) is 0 Å². The van der Waals surface area contributed by atoms with E-state index in [1.165, 1.54) is 49.0 Å². The molecule has 2 nitrogen and oxygen atoms in total. The number of nitrogens with two attached hydrogens (primary N) is 1. The van der Waals surface area contributed by atoms with Crippen LogP contribution >= 0.6 is 0 Å². The van der Waals surface area contributed by atoms with E-state index >= 15 is 0 Å². The molecular formula is C13H18N2. The Hall–Kier alpha value is -1.02. The summed E-state index contributed by atoms with van der Waals surface area (Å²) in [4.78, 5) is 2.60. The molecule has 2 N–H and O–H groups in total. The highest BCUT2D eigenvalue weighted by Gasteiger charge is 2.32. The zero-order chi connectivity index (χ0) is 10.3. The minimum Gasteiger partial charge on any atom is -0.368 e. The van der Waals surface area contributed by atoms with Gasteiger partial charge < -0.3 is 10.6 Å². The van der Waals surface area contributed by atoms with Crippen molar-refractivity contribution >= 4 is 5.69 Å². The van der Waals surface area contributed by atoms with Crippen LogP contribution in [0.2, 0.25) is 0 Å². The SMILES string of the molecule is NCc1cccc2c1N(C1CC1)CCC2. The van der Waals surface area contributed by atoms with E-state index < -0.39 is 0 Å². The molecule has 3 rings (SSSR count). The lowest BCUT2D eigenvalue weighted by Crippen LogP contribution is -2.32. The molecule has 0 spiro atoms. The molecule has 2 aliphatic rings. The van der Waals surface area contributed by atoms with Gasteiger partial charge >= 0.3 is 0 Å². The highest BCUT2D eigenvalue weighted by Crippen LogP contribution is 2.38. The minimum absolute atomic E-state index is 0.673. The molecule has 1 aliphatic carbocycles. The predicted molar refractivity (Wildman–Crippen MR) is 63.0 cm³/mol. The molecular weight excluding hydrogens is 184 g/mol. The molecule has 0 amide bonds. The van der Waals surface area contributed by atoms with Crippen LogP contribution in [0.15, 0.2) is 18.2 Å². The van der Waals surface area contributed by atoms with Crippen LogP contribution in [0.25, 0.3) is 0 Å². The molecule has 80 valence electrons. The Morgan fingerprint density at radius 3 is 2.93 bits per heavy atom. The van der Waals surface area contributed by atoms with Gasteiger partial charge in [0, 0.05) is 24.8 Å². The van der Waals surface area contributed by atoms with Gasteiger partial charge in [0.25, 0.3) is 0 Å². The van der Waals surface area contributed by atoms with Crippen LogP contribution in [0.5, 0.6) is 0 Å². The van der Waals surface area contributed by atoms with Gasteiger partial charge in [0.2, 0.25) is 0 Å². The maximum absolute atomic E-state index is 5.83. The van der Waals surface area contributed by atoms with E-state index in [4.69, 9.17) is 5.73 Å². The van der Waals surface area contributed by atoms with Crippen molar-refractivity contribution in [1.82, 2.24) is 0 Å². The van der Waals surface area contributed by atoms with E-state index in [1.807, 2.05) is 0 Å². The number of benzene rings is 1. The third-order valence-corrected chi connectivity index (χ3v) is 3.54. The molecule has 2 heteroatoms. The molecule has 0 radical (unpaired) electrons. The van der Waals surface area contributed by atoms with Crippen molar-refractivity contribution in [2.45, 2.75) is 38.3 Å². The Balaban J connectivity index is 2.06. The molecule has 1 aliphatic heterocycles. The molecule has 1 aromatic carbocycles. The molecule has 0 atom stereocenters. The van der Waals surface area contributed by atoms with Crippen LogP contribution in [-0.2, 0) is 13.0 Å². The number of nitrogens with zero attached hydrogens (tertiary/aromatic N) is 1. The van der Waals surface area contributed by atoms with Gasteiger partial charge in [-0.2, -0.15) is 0 Å². The maximum atomic E-state index is 5.83. The Labute approximate surface area is 91.1 Å². The lowest BCUT2D eigenvalue weighted by atomic mass is 9.97. The quantitative estimate of drug-likeness (QED) is 0.795. The first-order valence-corrected chi connectivity index (χ1v) is 5.97. The highest BCUT2D eigenvalue weighted by atomic mass is 15.2. The zero-order valence-corrected chi connectivity index (χ0v) is 9.08. The monoisotopic (exact) mass is 202 g/mol. The Morgan fingerprint density at radius 1 is 1.33 bits per heavy atom. The topological polar surface area (TPSA) is 29.3 Å². The van der Waals surface area contributed by atoms with E-state index in [0.29, 0.717) is 6.54 Å². The number of rotatable bonds is 2. The second kappa shape index (κ2) is 3.53. The van der Waals surface area contributed by atoms with Crippen molar-refractivity contribution in [3.8, 4) is 0 Å². The maximum Gasteiger partial charge on any atom is 0.0446 e. The molecule has 1 heterocycles. The van der Waals surface area contributed by atoms with E-state index in [1.54, 1.807) is 0 Å². The first-order valence-electron chi connectivity index (χ1n) is 5.97. The van der Waals surface area contributed by atoms with Gasteiger partial charge in [0.15, 0.2) is 0 Å². The van der Waals surface area contributed by atoms with Gasteiger partial charge in [0.1, 0.15) is 0 Å². The van der Waals surface area contributed by atoms with E-state index in [-0.39, 0.29) is 0 Å². The lowest BCUT2D eigenvalue weighted by Gasteiger charge is -2.33. The lowest BCUT2D eigenvalue weighted by molar-refractivity contribution is 0.683. The summed E-state index contributed by atoms with van der Waals surface area (Å²) >= 11 is 0. The molecule has 0 unspecified atom stereocenters. The van der Waals surface area contributed by atoms with Crippen LogP contribution in [0, 0.1) is 0 Å². The summed E-state index contributed by atoms with van der Waals surface area (Å²) in [5.41, 5.74) is 10.1. The van der Waals surface area contributed by atoms with Crippen LogP contribution < -0.4 is 10.6 Å². The highest BCUT2D eigenvalue weighted by molar-refractivity contribution is 5.62. The van der Waals surface area contributed by atoms with Gasteiger partial charge in [-0.25, -0.2) is 0 Å². The van der Waals surface area contributed by atoms with Gasteiger partial charge in [-0.05, 0) is 36.8 Å². The van der Waals surface area contributed by atoms with Crippen LogP contribution in [0.1, 0.15) is 30.4 Å². The van der Waals surface area contributed by atoms with Gasteiger partial charge in [0.05, 0.1) is 0 Å². The summed E-state index contributed by atoms with van der Waals surface area (Å²) in [6.45, 7) is 1.90. The Morgan fingerprint density at radius 2 is 2.20 bits per heavy atom. The van der Waals surface area contributed by atoms with Crippen molar-refractivity contribution in [2.75, 3.05) is 11.4 Å². The van der Waals surface area contributed by atoms with E-state index in [9.17, 15) is 0 Å². The first kappa shape index (κ1) is 9.22. The van der Waals surface area contributed by atoms with Gasteiger partial charge in [-0.15, -0.1) is 0 Å². The summed E-state index contributed by atoms with van der Waals surface area (Å²) in [6.07, 6.45) is 5.28. The largest absolute Gasteiger partial charge is 0.368 e. The summed E-state index contributed by atoms with van der Waals surface area (Å²) in [5.74, 6) is 0. The fraction of sp³-hybridized carbons (Fsp3) is 0.538. The average Bonchev–Trinajstić information content (AvgIpc) is 3.11. The van der Waals surface area contributed by atoms with Gasteiger partial charge in [-0.3, -0.25) is 0 Å². The van der Waals surface area contributed by atoms with Crippen molar-refractivity contribution in [2.24, 2.45) is 5.73 Å². The minimum atomic E-state index is 0.673. The number of hydrogen-bond donors (Lipinski definition) is 1. The number of anilines is 1. The van der Waals surface area contributed by atoms with Crippen molar-refractivity contribution in [3.63, 3.8) is 0 Å².